The number of halogens is 2. The lowest BCUT2D eigenvalue weighted by molar-refractivity contribution is -0.119. The van der Waals surface area contributed by atoms with Crippen molar-refractivity contribution in [1.82, 2.24) is 4.98 Å². The third-order valence-electron chi connectivity index (χ3n) is 2.48. The molecule has 0 spiro atoms. The Kier molecular flexibility index (Phi) is 5.14. The van der Waals surface area contributed by atoms with E-state index in [0.29, 0.717) is 16.3 Å². The summed E-state index contributed by atoms with van der Waals surface area (Å²) in [4.78, 5) is 27.1. The van der Waals surface area contributed by atoms with E-state index >= 15 is 0 Å². The van der Waals surface area contributed by atoms with Gasteiger partial charge in [-0.15, -0.1) is 0 Å². The van der Waals surface area contributed by atoms with Gasteiger partial charge in [0.2, 0.25) is 0 Å². The number of nitrogens with zero attached hydrogens (tertiary/aromatic N) is 1. The molecular formula is C14H10Cl2N2O3. The largest absolute Gasteiger partial charge is 0.452 e. The molecule has 1 aromatic heterocycles. The molecule has 0 saturated heterocycles. The van der Waals surface area contributed by atoms with Crippen LogP contribution in [0.2, 0.25) is 10.0 Å². The fourth-order valence-corrected chi connectivity index (χ4v) is 1.84. The third kappa shape index (κ3) is 4.18. The highest BCUT2D eigenvalue weighted by Gasteiger charge is 2.12. The van der Waals surface area contributed by atoms with Crippen molar-refractivity contribution in [3.05, 3.63) is 58.3 Å². The van der Waals surface area contributed by atoms with E-state index in [2.05, 4.69) is 10.3 Å². The van der Waals surface area contributed by atoms with Crippen LogP contribution >= 0.6 is 23.2 Å². The van der Waals surface area contributed by atoms with Gasteiger partial charge in [-0.25, -0.2) is 4.79 Å². The normalized spacial score (nSPS) is 10.0. The first kappa shape index (κ1) is 15.3. The number of aromatic nitrogens is 1. The van der Waals surface area contributed by atoms with Gasteiger partial charge < -0.3 is 10.1 Å². The van der Waals surface area contributed by atoms with E-state index in [9.17, 15) is 9.59 Å². The first-order chi connectivity index (χ1) is 10.1. The summed E-state index contributed by atoms with van der Waals surface area (Å²) in [6, 6.07) is 7.83. The lowest BCUT2D eigenvalue weighted by Gasteiger charge is -2.08. The van der Waals surface area contributed by atoms with E-state index in [1.54, 1.807) is 18.2 Å². The summed E-state index contributed by atoms with van der Waals surface area (Å²) in [5.41, 5.74) is 0.674. The second kappa shape index (κ2) is 7.06. The molecule has 1 N–H and O–H groups in total. The molecule has 0 aliphatic rings. The van der Waals surface area contributed by atoms with Crippen molar-refractivity contribution in [3.8, 4) is 0 Å². The van der Waals surface area contributed by atoms with Gasteiger partial charge in [0.25, 0.3) is 5.91 Å². The average Bonchev–Trinajstić information content (AvgIpc) is 2.50. The fraction of sp³-hybridized carbons (Fsp3) is 0.0714. The van der Waals surface area contributed by atoms with Gasteiger partial charge >= 0.3 is 5.97 Å². The van der Waals surface area contributed by atoms with Crippen LogP contribution in [0.3, 0.4) is 0 Å². The van der Waals surface area contributed by atoms with Crippen molar-refractivity contribution < 1.29 is 14.3 Å². The summed E-state index contributed by atoms with van der Waals surface area (Å²) >= 11 is 11.8. The van der Waals surface area contributed by atoms with Crippen molar-refractivity contribution in [2.24, 2.45) is 0 Å². The van der Waals surface area contributed by atoms with Crippen LogP contribution in [-0.2, 0) is 9.53 Å². The number of amides is 1. The third-order valence-corrected chi connectivity index (χ3v) is 3.29. The molecule has 5 nitrogen and oxygen atoms in total. The molecule has 2 aromatic rings. The molecule has 0 fully saturated rings. The number of pyridine rings is 1. The molecule has 0 saturated carbocycles. The Balaban J connectivity index is 1.91. The van der Waals surface area contributed by atoms with Gasteiger partial charge in [-0.1, -0.05) is 29.3 Å². The van der Waals surface area contributed by atoms with Crippen LogP contribution in [0.4, 0.5) is 5.69 Å². The summed E-state index contributed by atoms with van der Waals surface area (Å²) in [5, 5.41) is 3.07. The smallest absolute Gasteiger partial charge is 0.338 e. The van der Waals surface area contributed by atoms with E-state index in [1.165, 1.54) is 24.5 Å². The number of carbonyl (C=O) groups excluding carboxylic acids is 2. The second-order valence-electron chi connectivity index (χ2n) is 3.96. The van der Waals surface area contributed by atoms with Gasteiger partial charge in [-0.05, 0) is 24.3 Å². The predicted molar refractivity (Wildman–Crippen MR) is 79.6 cm³/mol. The number of hydrogen-bond donors (Lipinski definition) is 1. The molecule has 0 radical (unpaired) electrons. The minimum atomic E-state index is -0.607. The van der Waals surface area contributed by atoms with Gasteiger partial charge in [0.1, 0.15) is 0 Å². The van der Waals surface area contributed by atoms with Crippen molar-refractivity contribution in [2.45, 2.75) is 0 Å². The molecule has 0 bridgehead atoms. The lowest BCUT2D eigenvalue weighted by Crippen LogP contribution is -2.21. The first-order valence-electron chi connectivity index (χ1n) is 5.89. The van der Waals surface area contributed by atoms with Crippen LogP contribution in [0.15, 0.2) is 42.7 Å². The van der Waals surface area contributed by atoms with Gasteiger partial charge in [-0.3, -0.25) is 9.78 Å². The summed E-state index contributed by atoms with van der Waals surface area (Å²) in [6.07, 6.45) is 2.92. The Morgan fingerprint density at radius 2 is 1.86 bits per heavy atom. The molecule has 108 valence electrons. The SMILES string of the molecule is O=C(COC(=O)c1ccncc1)Nc1cccc(Cl)c1Cl. The van der Waals surface area contributed by atoms with E-state index in [0.717, 1.165) is 0 Å². The molecular weight excluding hydrogens is 315 g/mol. The molecule has 21 heavy (non-hydrogen) atoms. The van der Waals surface area contributed by atoms with Crippen molar-refractivity contribution in [1.29, 1.82) is 0 Å². The summed E-state index contributed by atoms with van der Waals surface area (Å²) in [6.45, 7) is -0.427. The maximum Gasteiger partial charge on any atom is 0.338 e. The zero-order valence-corrected chi connectivity index (χ0v) is 12.2. The quantitative estimate of drug-likeness (QED) is 0.877. The standard InChI is InChI=1S/C14H10Cl2N2O3/c15-10-2-1-3-11(13(10)16)18-12(19)8-21-14(20)9-4-6-17-7-5-9/h1-7H,8H2,(H,18,19). The van der Waals surface area contributed by atoms with Crippen LogP contribution in [0, 0.1) is 0 Å². The molecule has 7 heteroatoms. The maximum atomic E-state index is 11.7. The van der Waals surface area contributed by atoms with E-state index < -0.39 is 18.5 Å². The second-order valence-corrected chi connectivity index (χ2v) is 4.75. The molecule has 0 aliphatic carbocycles. The molecule has 0 atom stereocenters. The average molecular weight is 325 g/mol. The summed E-state index contributed by atoms with van der Waals surface area (Å²) < 4.78 is 4.88. The number of carbonyl (C=O) groups is 2. The highest BCUT2D eigenvalue weighted by molar-refractivity contribution is 6.44. The van der Waals surface area contributed by atoms with Crippen LogP contribution in [0.5, 0.6) is 0 Å². The monoisotopic (exact) mass is 324 g/mol. The number of nitrogens with one attached hydrogen (secondary N) is 1. The highest BCUT2D eigenvalue weighted by Crippen LogP contribution is 2.29. The predicted octanol–water partition coefficient (Wildman–Crippen LogP) is 3.18. The van der Waals surface area contributed by atoms with Crippen molar-refractivity contribution >= 4 is 40.8 Å². The van der Waals surface area contributed by atoms with E-state index in [1.807, 2.05) is 0 Å². The topological polar surface area (TPSA) is 68.3 Å². The minimum Gasteiger partial charge on any atom is -0.452 e. The fourth-order valence-electron chi connectivity index (χ4n) is 1.49. The van der Waals surface area contributed by atoms with Crippen LogP contribution in [0.25, 0.3) is 0 Å². The zero-order valence-electron chi connectivity index (χ0n) is 10.7. The molecule has 2 rings (SSSR count). The Hall–Kier alpha value is -2.11. The number of benzene rings is 1. The van der Waals surface area contributed by atoms with Gasteiger partial charge in [-0.2, -0.15) is 0 Å². The Bertz CT molecular complexity index is 663. The van der Waals surface area contributed by atoms with Gasteiger partial charge in [0.05, 0.1) is 21.3 Å². The molecule has 1 aromatic carbocycles. The van der Waals surface area contributed by atoms with Crippen molar-refractivity contribution in [3.63, 3.8) is 0 Å². The Morgan fingerprint density at radius 3 is 2.57 bits per heavy atom. The lowest BCUT2D eigenvalue weighted by atomic mass is 10.3. The minimum absolute atomic E-state index is 0.230. The van der Waals surface area contributed by atoms with E-state index in [-0.39, 0.29) is 5.02 Å². The Morgan fingerprint density at radius 1 is 1.14 bits per heavy atom. The van der Waals surface area contributed by atoms with Crippen LogP contribution < -0.4 is 5.32 Å². The summed E-state index contributed by atoms with van der Waals surface area (Å²) in [5.74, 6) is -1.12. The maximum absolute atomic E-state index is 11.7. The molecule has 1 heterocycles. The number of esters is 1. The van der Waals surface area contributed by atoms with Crippen molar-refractivity contribution in [2.75, 3.05) is 11.9 Å². The highest BCUT2D eigenvalue weighted by atomic mass is 35.5. The number of hydrogen-bond acceptors (Lipinski definition) is 4. The van der Waals surface area contributed by atoms with Gasteiger partial charge in [0, 0.05) is 12.4 Å². The molecule has 0 aliphatic heterocycles. The van der Waals surface area contributed by atoms with Crippen LogP contribution in [0.1, 0.15) is 10.4 Å². The number of rotatable bonds is 4. The first-order valence-corrected chi connectivity index (χ1v) is 6.64. The number of ether oxygens (including phenoxy) is 1. The molecule has 1 amide bonds. The Labute approximate surface area is 130 Å². The van der Waals surface area contributed by atoms with Crippen LogP contribution in [-0.4, -0.2) is 23.5 Å². The van der Waals surface area contributed by atoms with Gasteiger partial charge in [0.15, 0.2) is 6.61 Å². The summed E-state index contributed by atoms with van der Waals surface area (Å²) in [7, 11) is 0. The van der Waals surface area contributed by atoms with E-state index in [4.69, 9.17) is 27.9 Å². The molecule has 0 unspecified atom stereocenters. The number of anilines is 1. The zero-order chi connectivity index (χ0) is 15.2.